The van der Waals surface area contributed by atoms with Gasteiger partial charge in [-0.15, -0.1) is 0 Å². The molecule has 11 nitrogen and oxygen atoms in total. The molecular weight excluding hydrogens is 612 g/mol. The molecule has 0 unspecified atom stereocenters. The number of likely N-dealkylation sites (tertiary alicyclic amines) is 2. The summed E-state index contributed by atoms with van der Waals surface area (Å²) in [7, 11) is 0. The molecule has 2 aromatic heterocycles. The smallest absolute Gasteiger partial charge is 0.415 e. The van der Waals surface area contributed by atoms with E-state index in [1.165, 1.54) is 19.3 Å². The Labute approximate surface area is 280 Å². The minimum atomic E-state index is -1.69. The van der Waals surface area contributed by atoms with Crippen LogP contribution in [-0.4, -0.2) is 69.6 Å². The number of carbonyl (C=O) groups excluding carboxylic acids is 3. The fourth-order valence-corrected chi connectivity index (χ4v) is 8.08. The van der Waals surface area contributed by atoms with Crippen LogP contribution in [0.2, 0.25) is 0 Å². The van der Waals surface area contributed by atoms with Crippen molar-refractivity contribution in [3.8, 4) is 17.1 Å². The van der Waals surface area contributed by atoms with Crippen LogP contribution in [0.5, 0.6) is 5.75 Å². The maximum Gasteiger partial charge on any atom is 0.415 e. The standard InChI is InChI=1S/C37H44N4O7/c1-4-10-32(42)48-37(6-3)29-20-31-33-27(21-41(31)34(43)28(29)22-46-35(37)44)25(5-2)26-19-24(11-12-30(26)38-33)47-36(45)40-17-13-23(14-18-40)39-15-8-7-9-16-39/h11-12,19-20,23H,4-10,13-18,21-22H2,1-3H3/t37-/m0/s1. The van der Waals surface area contributed by atoms with Crippen LogP contribution in [0, 0.1) is 0 Å². The number of cyclic esters (lactones) is 1. The second-order valence-electron chi connectivity index (χ2n) is 13.4. The van der Waals surface area contributed by atoms with Crippen molar-refractivity contribution in [1.82, 2.24) is 19.4 Å². The van der Waals surface area contributed by atoms with Gasteiger partial charge in [0, 0.05) is 42.1 Å². The number of hydrogen-bond acceptors (Lipinski definition) is 9. The Morgan fingerprint density at radius 3 is 2.48 bits per heavy atom. The number of esters is 2. The Morgan fingerprint density at radius 1 is 1.00 bits per heavy atom. The van der Waals surface area contributed by atoms with Crippen molar-refractivity contribution in [1.29, 1.82) is 0 Å². The van der Waals surface area contributed by atoms with Crippen LogP contribution in [0.1, 0.15) is 94.4 Å². The molecule has 0 bridgehead atoms. The summed E-state index contributed by atoms with van der Waals surface area (Å²) in [4.78, 5) is 62.5. The summed E-state index contributed by atoms with van der Waals surface area (Å²) in [6, 6.07) is 7.81. The number of ether oxygens (including phenoxy) is 3. The summed E-state index contributed by atoms with van der Waals surface area (Å²) in [5.41, 5.74) is 2.57. The Hall–Kier alpha value is -4.25. The molecular formula is C37H44N4O7. The number of fused-ring (bicyclic) bond motifs is 5. The van der Waals surface area contributed by atoms with Crippen LogP contribution in [-0.2, 0) is 44.2 Å². The number of aromatic nitrogens is 2. The molecule has 4 aliphatic heterocycles. The van der Waals surface area contributed by atoms with E-state index in [-0.39, 0.29) is 31.1 Å². The fraction of sp³-hybridized carbons (Fsp3) is 0.541. The maximum absolute atomic E-state index is 14.0. The summed E-state index contributed by atoms with van der Waals surface area (Å²) in [6.07, 6.45) is 6.95. The molecule has 2 saturated heterocycles. The van der Waals surface area contributed by atoms with Crippen molar-refractivity contribution >= 4 is 28.9 Å². The Bertz CT molecular complexity index is 1840. The molecule has 7 rings (SSSR count). The molecule has 0 N–H and O–H groups in total. The van der Waals surface area contributed by atoms with E-state index < -0.39 is 17.5 Å². The molecule has 2 fully saturated rings. The second kappa shape index (κ2) is 13.0. The van der Waals surface area contributed by atoms with E-state index in [4.69, 9.17) is 19.2 Å². The zero-order valence-corrected chi connectivity index (χ0v) is 28.1. The first-order valence-electron chi connectivity index (χ1n) is 17.6. The highest BCUT2D eigenvalue weighted by atomic mass is 16.6. The quantitative estimate of drug-likeness (QED) is 0.240. The summed E-state index contributed by atoms with van der Waals surface area (Å²) in [5, 5.41) is 0.867. The number of hydrogen-bond donors (Lipinski definition) is 0. The van der Waals surface area contributed by atoms with Crippen LogP contribution in [0.25, 0.3) is 22.3 Å². The SMILES string of the molecule is CCCC(=O)O[C@]1(CC)C(=O)OCc2c1cc1n(c2=O)Cc2c-1nc1ccc(OC(=O)N3CCC(N4CCCCC4)CC3)cc1c2CC. The third kappa shape index (κ3) is 5.45. The van der Waals surface area contributed by atoms with Crippen molar-refractivity contribution in [2.24, 2.45) is 0 Å². The highest BCUT2D eigenvalue weighted by molar-refractivity contribution is 5.91. The average Bonchev–Trinajstić information content (AvgIpc) is 3.47. The van der Waals surface area contributed by atoms with Gasteiger partial charge >= 0.3 is 18.0 Å². The molecule has 0 saturated carbocycles. The van der Waals surface area contributed by atoms with Crippen molar-refractivity contribution < 1.29 is 28.6 Å². The number of amides is 1. The first-order chi connectivity index (χ1) is 23.3. The minimum absolute atomic E-state index is 0.132. The number of benzene rings is 1. The first-order valence-corrected chi connectivity index (χ1v) is 17.6. The number of pyridine rings is 2. The number of carbonyl (C=O) groups is 3. The normalized spacial score (nSPS) is 21.0. The fourth-order valence-electron chi connectivity index (χ4n) is 8.08. The largest absolute Gasteiger partial charge is 0.457 e. The molecule has 1 aromatic carbocycles. The van der Waals surface area contributed by atoms with E-state index in [0.29, 0.717) is 72.3 Å². The summed E-state index contributed by atoms with van der Waals surface area (Å²) in [5.74, 6) is -0.720. The van der Waals surface area contributed by atoms with E-state index in [1.54, 1.807) is 23.6 Å². The summed E-state index contributed by atoms with van der Waals surface area (Å²) < 4.78 is 18.8. The van der Waals surface area contributed by atoms with E-state index in [1.807, 2.05) is 24.0 Å². The third-order valence-electron chi connectivity index (χ3n) is 10.7. The predicted octanol–water partition coefficient (Wildman–Crippen LogP) is 5.44. The molecule has 11 heteroatoms. The van der Waals surface area contributed by atoms with Gasteiger partial charge < -0.3 is 28.6 Å². The van der Waals surface area contributed by atoms with Gasteiger partial charge in [-0.2, -0.15) is 0 Å². The lowest BCUT2D eigenvalue weighted by Crippen LogP contribution is -2.48. The molecule has 4 aliphatic rings. The Morgan fingerprint density at radius 2 is 1.77 bits per heavy atom. The Kier molecular flexibility index (Phi) is 8.74. The summed E-state index contributed by atoms with van der Waals surface area (Å²) in [6.45, 7) is 9.48. The molecule has 48 heavy (non-hydrogen) atoms. The minimum Gasteiger partial charge on any atom is -0.457 e. The van der Waals surface area contributed by atoms with Gasteiger partial charge in [0.25, 0.3) is 5.56 Å². The van der Waals surface area contributed by atoms with Crippen molar-refractivity contribution in [3.05, 3.63) is 56.9 Å². The molecule has 1 amide bonds. The lowest BCUT2D eigenvalue weighted by atomic mass is 9.85. The first kappa shape index (κ1) is 32.3. The maximum atomic E-state index is 14.0. The highest BCUT2D eigenvalue weighted by Crippen LogP contribution is 2.42. The van der Waals surface area contributed by atoms with Crippen molar-refractivity contribution in [3.63, 3.8) is 0 Å². The zero-order valence-electron chi connectivity index (χ0n) is 28.1. The van der Waals surface area contributed by atoms with Gasteiger partial charge in [0.05, 0.1) is 29.0 Å². The monoisotopic (exact) mass is 656 g/mol. The molecule has 0 radical (unpaired) electrons. The molecule has 3 aromatic rings. The van der Waals surface area contributed by atoms with Gasteiger partial charge in [-0.05, 0) is 87.9 Å². The number of nitrogens with zero attached hydrogens (tertiary/aromatic N) is 4. The van der Waals surface area contributed by atoms with Gasteiger partial charge in [0.15, 0.2) is 0 Å². The zero-order chi connectivity index (χ0) is 33.6. The number of aryl methyl sites for hydroxylation is 1. The van der Waals surface area contributed by atoms with Crippen molar-refractivity contribution in [2.75, 3.05) is 26.2 Å². The van der Waals surface area contributed by atoms with E-state index in [9.17, 15) is 19.2 Å². The molecule has 0 aliphatic carbocycles. The van der Waals surface area contributed by atoms with Gasteiger partial charge in [-0.1, -0.05) is 27.2 Å². The van der Waals surface area contributed by atoms with Crippen LogP contribution in [0.15, 0.2) is 29.1 Å². The van der Waals surface area contributed by atoms with Crippen molar-refractivity contribution in [2.45, 2.75) is 103 Å². The van der Waals surface area contributed by atoms with Crippen LogP contribution in [0.4, 0.5) is 4.79 Å². The molecule has 1 atom stereocenters. The third-order valence-corrected chi connectivity index (χ3v) is 10.7. The van der Waals surface area contributed by atoms with Crippen LogP contribution in [0.3, 0.4) is 0 Å². The van der Waals surface area contributed by atoms with Gasteiger partial charge in [0.2, 0.25) is 5.60 Å². The molecule has 6 heterocycles. The van der Waals surface area contributed by atoms with E-state index >= 15 is 0 Å². The topological polar surface area (TPSA) is 120 Å². The average molecular weight is 657 g/mol. The molecule has 254 valence electrons. The summed E-state index contributed by atoms with van der Waals surface area (Å²) >= 11 is 0. The lowest BCUT2D eigenvalue weighted by molar-refractivity contribution is -0.189. The van der Waals surface area contributed by atoms with Gasteiger partial charge in [-0.3, -0.25) is 9.59 Å². The van der Waals surface area contributed by atoms with Crippen LogP contribution >= 0.6 is 0 Å². The predicted molar refractivity (Wildman–Crippen MR) is 179 cm³/mol. The van der Waals surface area contributed by atoms with Gasteiger partial charge in [-0.25, -0.2) is 14.6 Å². The number of rotatable bonds is 7. The van der Waals surface area contributed by atoms with Gasteiger partial charge in [0.1, 0.15) is 12.4 Å². The Balaban J connectivity index is 1.18. The highest BCUT2D eigenvalue weighted by Gasteiger charge is 2.50. The molecule has 0 spiro atoms. The number of piperidine rings is 2. The van der Waals surface area contributed by atoms with E-state index in [2.05, 4.69) is 11.8 Å². The van der Waals surface area contributed by atoms with E-state index in [0.717, 1.165) is 42.4 Å². The lowest BCUT2D eigenvalue weighted by Gasteiger charge is -2.39. The second-order valence-corrected chi connectivity index (χ2v) is 13.4. The van der Waals surface area contributed by atoms with Crippen LogP contribution < -0.4 is 10.3 Å².